The first-order chi connectivity index (χ1) is 15.2. The van der Waals surface area contributed by atoms with Crippen molar-refractivity contribution < 1.29 is 4.42 Å². The Morgan fingerprint density at radius 2 is 1.58 bits per heavy atom. The van der Waals surface area contributed by atoms with Crippen LogP contribution in [0.25, 0.3) is 40.5 Å². The second kappa shape index (κ2) is 8.01. The number of halogens is 1. The van der Waals surface area contributed by atoms with E-state index in [1.54, 1.807) is 48.5 Å². The Kier molecular flexibility index (Phi) is 4.90. The highest BCUT2D eigenvalue weighted by atomic mass is 35.5. The van der Waals surface area contributed by atoms with Crippen molar-refractivity contribution in [3.63, 3.8) is 0 Å². The van der Waals surface area contributed by atoms with Gasteiger partial charge in [-0.05, 0) is 48.0 Å². The smallest absolute Gasteiger partial charge is 0.331 e. The molecular weight excluding hydrogens is 412 g/mol. The molecule has 0 N–H and O–H groups in total. The highest BCUT2D eigenvalue weighted by Crippen LogP contribution is 2.22. The van der Waals surface area contributed by atoms with Crippen LogP contribution >= 0.6 is 11.6 Å². The lowest BCUT2D eigenvalue weighted by Crippen LogP contribution is -2.22. The van der Waals surface area contributed by atoms with Crippen LogP contribution in [0.3, 0.4) is 0 Å². The molecule has 0 aliphatic heterocycles. The van der Waals surface area contributed by atoms with Gasteiger partial charge in [0, 0.05) is 10.6 Å². The Balaban J connectivity index is 1.67. The zero-order valence-electron chi connectivity index (χ0n) is 16.1. The highest BCUT2D eigenvalue weighted by Gasteiger charge is 2.17. The minimum absolute atomic E-state index is 0.0425. The van der Waals surface area contributed by atoms with Crippen molar-refractivity contribution >= 4 is 34.7 Å². The largest absolute Gasteiger partial charge is 0.403 e. The van der Waals surface area contributed by atoms with Gasteiger partial charge in [-0.25, -0.2) is 9.55 Å². The summed E-state index contributed by atoms with van der Waals surface area (Å²) in [7, 11) is 0. The van der Waals surface area contributed by atoms with Crippen molar-refractivity contribution in [3.8, 4) is 17.5 Å². The number of para-hydroxylation sites is 1. The highest BCUT2D eigenvalue weighted by molar-refractivity contribution is 6.30. The van der Waals surface area contributed by atoms with Crippen LogP contribution in [0, 0.1) is 0 Å². The first-order valence-corrected chi connectivity index (χ1v) is 9.91. The molecule has 0 bridgehead atoms. The quantitative estimate of drug-likeness (QED) is 0.392. The van der Waals surface area contributed by atoms with Crippen molar-refractivity contribution in [1.82, 2.24) is 19.7 Å². The topological polar surface area (TPSA) is 73.8 Å². The molecule has 150 valence electrons. The summed E-state index contributed by atoms with van der Waals surface area (Å²) in [5, 5.41) is 9.28. The predicted octanol–water partition coefficient (Wildman–Crippen LogP) is 5.26. The summed E-state index contributed by atoms with van der Waals surface area (Å²) < 4.78 is 7.17. The zero-order chi connectivity index (χ0) is 21.2. The van der Waals surface area contributed by atoms with Gasteiger partial charge in [-0.1, -0.05) is 65.2 Å². The van der Waals surface area contributed by atoms with E-state index in [1.165, 1.54) is 4.57 Å². The van der Waals surface area contributed by atoms with Crippen LogP contribution in [0.2, 0.25) is 5.02 Å². The van der Waals surface area contributed by atoms with Crippen LogP contribution in [0.4, 0.5) is 0 Å². The molecule has 0 spiro atoms. The molecule has 0 aliphatic carbocycles. The molecule has 5 aromatic rings. The summed E-state index contributed by atoms with van der Waals surface area (Å²) in [4.78, 5) is 17.9. The van der Waals surface area contributed by atoms with Gasteiger partial charge in [-0.2, -0.15) is 0 Å². The lowest BCUT2D eigenvalue weighted by molar-refractivity contribution is 0.530. The Bertz CT molecular complexity index is 1450. The average molecular weight is 427 g/mol. The van der Waals surface area contributed by atoms with Gasteiger partial charge in [-0.15, -0.1) is 5.10 Å². The second-order valence-corrected chi connectivity index (χ2v) is 7.20. The third kappa shape index (κ3) is 3.76. The number of rotatable bonds is 4. The number of aromatic nitrogens is 4. The maximum Gasteiger partial charge on any atom is 0.331 e. The fraction of sp³-hybridized carbons (Fsp3) is 0. The van der Waals surface area contributed by atoms with E-state index < -0.39 is 0 Å². The molecule has 5 rings (SSSR count). The maximum atomic E-state index is 13.3. The van der Waals surface area contributed by atoms with Gasteiger partial charge in [0.15, 0.2) is 0 Å². The second-order valence-electron chi connectivity index (χ2n) is 6.77. The van der Waals surface area contributed by atoms with Crippen molar-refractivity contribution in [2.24, 2.45) is 0 Å². The van der Waals surface area contributed by atoms with E-state index >= 15 is 0 Å². The number of benzene rings is 3. The van der Waals surface area contributed by atoms with E-state index in [0.717, 1.165) is 5.56 Å². The Labute approximate surface area is 182 Å². The predicted molar refractivity (Wildman–Crippen MR) is 121 cm³/mol. The van der Waals surface area contributed by atoms with Gasteiger partial charge in [0.05, 0.1) is 10.9 Å². The van der Waals surface area contributed by atoms with E-state index in [9.17, 15) is 4.79 Å². The Morgan fingerprint density at radius 1 is 0.839 bits per heavy atom. The summed E-state index contributed by atoms with van der Waals surface area (Å²) in [6.45, 7) is 0. The molecule has 0 amide bonds. The maximum absolute atomic E-state index is 13.3. The molecule has 0 unspecified atom stereocenters. The van der Waals surface area contributed by atoms with E-state index in [0.29, 0.717) is 27.3 Å². The zero-order valence-corrected chi connectivity index (χ0v) is 16.9. The first-order valence-electron chi connectivity index (χ1n) is 9.54. The first kappa shape index (κ1) is 19.0. The minimum Gasteiger partial charge on any atom is -0.403 e. The molecule has 2 heterocycles. The minimum atomic E-state index is -0.287. The average Bonchev–Trinajstić information content (AvgIpc) is 3.28. The molecule has 6 nitrogen and oxygen atoms in total. The third-order valence-corrected chi connectivity index (χ3v) is 4.97. The summed E-state index contributed by atoms with van der Waals surface area (Å²) in [6.07, 6.45) is 3.64. The van der Waals surface area contributed by atoms with Crippen molar-refractivity contribution in [3.05, 3.63) is 106 Å². The fourth-order valence-corrected chi connectivity index (χ4v) is 3.32. The summed E-state index contributed by atoms with van der Waals surface area (Å²) >= 11 is 5.95. The van der Waals surface area contributed by atoms with Crippen LogP contribution < -0.4 is 5.56 Å². The molecule has 31 heavy (non-hydrogen) atoms. The summed E-state index contributed by atoms with van der Waals surface area (Å²) in [5.74, 6) is 0.670. The van der Waals surface area contributed by atoms with Crippen LogP contribution in [0.1, 0.15) is 11.4 Å². The van der Waals surface area contributed by atoms with Gasteiger partial charge >= 0.3 is 6.01 Å². The molecule has 0 atom stereocenters. The number of nitrogens with zero attached hydrogens (tertiary/aromatic N) is 4. The Morgan fingerprint density at radius 3 is 2.39 bits per heavy atom. The third-order valence-electron chi connectivity index (χ3n) is 4.72. The molecule has 0 fully saturated rings. The molecule has 0 aliphatic rings. The molecule has 2 aromatic heterocycles. The van der Waals surface area contributed by atoms with Crippen LogP contribution in [-0.2, 0) is 0 Å². The normalized spacial score (nSPS) is 11.4. The van der Waals surface area contributed by atoms with Gasteiger partial charge in [0.1, 0.15) is 5.82 Å². The molecular formula is C24H15ClN4O2. The van der Waals surface area contributed by atoms with E-state index in [-0.39, 0.29) is 17.5 Å². The number of fused-ring (bicyclic) bond motifs is 1. The van der Waals surface area contributed by atoms with Crippen LogP contribution in [0.5, 0.6) is 0 Å². The molecule has 0 radical (unpaired) electrons. The van der Waals surface area contributed by atoms with Crippen LogP contribution in [-0.4, -0.2) is 19.7 Å². The number of hydrogen-bond acceptors (Lipinski definition) is 5. The van der Waals surface area contributed by atoms with Crippen molar-refractivity contribution in [2.45, 2.75) is 0 Å². The Hall–Kier alpha value is -4.03. The molecule has 0 saturated carbocycles. The lowest BCUT2D eigenvalue weighted by Gasteiger charge is -2.07. The standard InChI is InChI=1S/C24H15ClN4O2/c25-18-13-11-17(12-14-18)22-27-28-24(31-22)29-21(15-10-16-6-2-1-3-7-16)26-20-9-5-4-8-19(20)23(29)30/h1-15H/b15-10+. The lowest BCUT2D eigenvalue weighted by atomic mass is 10.2. The monoisotopic (exact) mass is 426 g/mol. The molecule has 3 aromatic carbocycles. The number of hydrogen-bond donors (Lipinski definition) is 0. The van der Waals surface area contributed by atoms with Gasteiger partial charge < -0.3 is 4.42 Å². The van der Waals surface area contributed by atoms with E-state index in [2.05, 4.69) is 15.2 Å². The van der Waals surface area contributed by atoms with E-state index in [1.807, 2.05) is 42.5 Å². The fourth-order valence-electron chi connectivity index (χ4n) is 3.20. The van der Waals surface area contributed by atoms with Crippen LogP contribution in [0.15, 0.2) is 88.1 Å². The van der Waals surface area contributed by atoms with Gasteiger partial charge in [0.2, 0.25) is 5.89 Å². The van der Waals surface area contributed by atoms with E-state index in [4.69, 9.17) is 16.0 Å². The molecule has 7 heteroatoms. The van der Waals surface area contributed by atoms with Crippen molar-refractivity contribution in [2.75, 3.05) is 0 Å². The van der Waals surface area contributed by atoms with Gasteiger partial charge in [-0.3, -0.25) is 4.79 Å². The van der Waals surface area contributed by atoms with Crippen molar-refractivity contribution in [1.29, 1.82) is 0 Å². The SMILES string of the molecule is O=c1c2ccccc2nc(/C=C/c2ccccc2)n1-c1nnc(-c2ccc(Cl)cc2)o1. The molecule has 0 saturated heterocycles. The van der Waals surface area contributed by atoms with Gasteiger partial charge in [0.25, 0.3) is 5.56 Å². The summed E-state index contributed by atoms with van der Waals surface area (Å²) in [6, 6.07) is 24.0. The summed E-state index contributed by atoms with van der Waals surface area (Å²) in [5.41, 5.74) is 1.98.